The van der Waals surface area contributed by atoms with Crippen molar-refractivity contribution >= 4 is 34.4 Å². The Labute approximate surface area is 137 Å². The van der Waals surface area contributed by atoms with Gasteiger partial charge in [-0.2, -0.15) is 0 Å². The molecule has 0 saturated carbocycles. The Kier molecular flexibility index (Phi) is 4.26. The quantitative estimate of drug-likeness (QED) is 0.874. The van der Waals surface area contributed by atoms with Crippen LogP contribution in [0.1, 0.15) is 6.42 Å². The van der Waals surface area contributed by atoms with Crippen LogP contribution in [-0.2, 0) is 9.59 Å². The van der Waals surface area contributed by atoms with Gasteiger partial charge in [0.15, 0.2) is 0 Å². The molecule has 0 radical (unpaired) electrons. The predicted molar refractivity (Wildman–Crippen MR) is 87.3 cm³/mol. The summed E-state index contributed by atoms with van der Waals surface area (Å²) in [5.74, 6) is -1.55. The summed E-state index contributed by atoms with van der Waals surface area (Å²) in [4.78, 5) is 25.3. The monoisotopic (exact) mass is 333 g/mol. The number of carboxylic acid groups (broad SMARTS) is 1. The van der Waals surface area contributed by atoms with E-state index in [9.17, 15) is 14.0 Å². The van der Waals surface area contributed by atoms with Crippen molar-refractivity contribution in [1.82, 2.24) is 4.90 Å². The zero-order valence-corrected chi connectivity index (χ0v) is 13.2. The van der Waals surface area contributed by atoms with E-state index in [-0.39, 0.29) is 31.2 Å². The molecule has 1 aliphatic rings. The second-order valence-electron chi connectivity index (χ2n) is 5.63. The number of benzene rings is 2. The van der Waals surface area contributed by atoms with E-state index in [2.05, 4.69) is 0 Å². The molecule has 4 nitrogen and oxygen atoms in total. The van der Waals surface area contributed by atoms with E-state index in [1.54, 1.807) is 0 Å². The van der Waals surface area contributed by atoms with Crippen LogP contribution < -0.4 is 0 Å². The van der Waals surface area contributed by atoms with E-state index in [4.69, 9.17) is 5.11 Å². The molecule has 3 rings (SSSR count). The highest BCUT2D eigenvalue weighted by Crippen LogP contribution is 2.28. The van der Waals surface area contributed by atoms with Crippen LogP contribution in [0.5, 0.6) is 0 Å². The zero-order valence-electron chi connectivity index (χ0n) is 12.4. The maximum absolute atomic E-state index is 14.0. The number of carbonyl (C=O) groups is 2. The van der Waals surface area contributed by atoms with Gasteiger partial charge in [0.2, 0.25) is 11.6 Å². The lowest BCUT2D eigenvalue weighted by atomic mass is 10.1. The number of carboxylic acids is 1. The number of nitrogens with zero attached hydrogens (tertiary/aromatic N) is 1. The Morgan fingerprint density at radius 3 is 2.65 bits per heavy atom. The lowest BCUT2D eigenvalue weighted by molar-refractivity contribution is -0.150. The first-order valence-corrected chi connectivity index (χ1v) is 8.28. The molecule has 0 bridgehead atoms. The summed E-state index contributed by atoms with van der Waals surface area (Å²) in [5, 5.41) is 11.1. The summed E-state index contributed by atoms with van der Waals surface area (Å²) < 4.78 is 14.0. The lowest BCUT2D eigenvalue weighted by Gasteiger charge is -2.17. The van der Waals surface area contributed by atoms with Crippen molar-refractivity contribution in [2.75, 3.05) is 18.8 Å². The average Bonchev–Trinajstić information content (AvgIpc) is 2.96. The topological polar surface area (TPSA) is 57.6 Å². The Morgan fingerprint density at radius 2 is 1.96 bits per heavy atom. The van der Waals surface area contributed by atoms with E-state index in [1.807, 2.05) is 42.5 Å². The number of hydrogen-bond donors (Lipinski definition) is 1. The summed E-state index contributed by atoms with van der Waals surface area (Å²) in [5.41, 5.74) is -2.30. The molecule has 6 heteroatoms. The Morgan fingerprint density at radius 1 is 1.22 bits per heavy atom. The molecule has 120 valence electrons. The Bertz CT molecular complexity index is 766. The van der Waals surface area contributed by atoms with Crippen LogP contribution in [0.3, 0.4) is 0 Å². The second kappa shape index (κ2) is 6.20. The first kappa shape index (κ1) is 15.8. The van der Waals surface area contributed by atoms with E-state index >= 15 is 0 Å². The van der Waals surface area contributed by atoms with E-state index in [1.165, 1.54) is 16.7 Å². The molecule has 0 aromatic heterocycles. The fourth-order valence-electron chi connectivity index (χ4n) is 2.65. The maximum atomic E-state index is 14.0. The van der Waals surface area contributed by atoms with Crippen LogP contribution in [-0.4, -0.2) is 46.4 Å². The molecule has 1 fully saturated rings. The lowest BCUT2D eigenvalue weighted by Crippen LogP contribution is -2.39. The Hall–Kier alpha value is -2.08. The van der Waals surface area contributed by atoms with Crippen molar-refractivity contribution in [2.24, 2.45) is 0 Å². The number of aliphatic carboxylic acids is 1. The van der Waals surface area contributed by atoms with Crippen molar-refractivity contribution in [3.8, 4) is 0 Å². The van der Waals surface area contributed by atoms with Gasteiger partial charge in [0.05, 0.1) is 12.3 Å². The fraction of sp³-hybridized carbons (Fsp3) is 0.294. The summed E-state index contributed by atoms with van der Waals surface area (Å²) in [7, 11) is 0. The number of rotatable bonds is 4. The number of halogens is 1. The summed E-state index contributed by atoms with van der Waals surface area (Å²) in [6.45, 7) is -0.209. The van der Waals surface area contributed by atoms with Crippen LogP contribution >= 0.6 is 11.8 Å². The zero-order chi connectivity index (χ0) is 16.4. The molecule has 1 heterocycles. The molecule has 0 aliphatic carbocycles. The van der Waals surface area contributed by atoms with Crippen molar-refractivity contribution < 1.29 is 19.1 Å². The van der Waals surface area contributed by atoms with Crippen LogP contribution in [0.2, 0.25) is 0 Å². The molecule has 2 aromatic carbocycles. The van der Waals surface area contributed by atoms with Gasteiger partial charge in [-0.15, -0.1) is 11.8 Å². The highest BCUT2D eigenvalue weighted by molar-refractivity contribution is 8.00. The fourth-order valence-corrected chi connectivity index (χ4v) is 3.50. The molecule has 1 saturated heterocycles. The number of thioether (sulfide) groups is 1. The van der Waals surface area contributed by atoms with Crippen molar-refractivity contribution in [1.29, 1.82) is 0 Å². The molecule has 1 unspecified atom stereocenters. The number of alkyl halides is 1. The average molecular weight is 333 g/mol. The molecule has 0 spiro atoms. The number of fused-ring (bicyclic) bond motifs is 1. The van der Waals surface area contributed by atoms with Gasteiger partial charge in [0.25, 0.3) is 0 Å². The predicted octanol–water partition coefficient (Wildman–Crippen LogP) is 2.96. The van der Waals surface area contributed by atoms with Gasteiger partial charge in [-0.25, -0.2) is 9.18 Å². The first-order valence-electron chi connectivity index (χ1n) is 7.30. The summed E-state index contributed by atoms with van der Waals surface area (Å²) in [6.07, 6.45) is -0.144. The minimum atomic E-state index is -2.30. The molecule has 23 heavy (non-hydrogen) atoms. The van der Waals surface area contributed by atoms with Crippen LogP contribution in [0.15, 0.2) is 47.4 Å². The largest absolute Gasteiger partial charge is 0.479 e. The van der Waals surface area contributed by atoms with Gasteiger partial charge < -0.3 is 10.0 Å². The molecular weight excluding hydrogens is 317 g/mol. The number of hydrogen-bond acceptors (Lipinski definition) is 3. The molecule has 1 atom stereocenters. The SMILES string of the molecule is O=C(CSc1ccc2ccccc2c1)N1CCC(F)(C(=O)O)C1. The van der Waals surface area contributed by atoms with Gasteiger partial charge in [-0.1, -0.05) is 30.3 Å². The second-order valence-corrected chi connectivity index (χ2v) is 6.68. The number of likely N-dealkylation sites (tertiary alicyclic amines) is 1. The Balaban J connectivity index is 1.61. The van der Waals surface area contributed by atoms with Gasteiger partial charge in [-0.05, 0) is 22.9 Å². The van der Waals surface area contributed by atoms with Gasteiger partial charge in [0.1, 0.15) is 0 Å². The maximum Gasteiger partial charge on any atom is 0.343 e. The normalized spacial score (nSPS) is 20.8. The number of carbonyl (C=O) groups excluding carboxylic acids is 1. The third-order valence-electron chi connectivity index (χ3n) is 4.04. The van der Waals surface area contributed by atoms with Crippen LogP contribution in [0.25, 0.3) is 10.8 Å². The minimum absolute atomic E-state index is 0.144. The number of amides is 1. The van der Waals surface area contributed by atoms with E-state index < -0.39 is 11.6 Å². The molecular formula is C17H16FNO3S. The highest BCUT2D eigenvalue weighted by atomic mass is 32.2. The third-order valence-corrected chi connectivity index (χ3v) is 5.02. The van der Waals surface area contributed by atoms with Gasteiger partial charge in [-0.3, -0.25) is 4.79 Å². The smallest absolute Gasteiger partial charge is 0.343 e. The summed E-state index contributed by atoms with van der Waals surface area (Å²) >= 11 is 1.38. The van der Waals surface area contributed by atoms with Crippen molar-refractivity contribution in [3.05, 3.63) is 42.5 Å². The molecule has 1 N–H and O–H groups in total. The van der Waals surface area contributed by atoms with Gasteiger partial charge in [0, 0.05) is 17.9 Å². The highest BCUT2D eigenvalue weighted by Gasteiger charge is 2.46. The third kappa shape index (κ3) is 3.32. The standard InChI is InChI=1S/C17H16FNO3S/c18-17(16(21)22)7-8-19(11-17)15(20)10-23-14-6-5-12-3-1-2-4-13(12)9-14/h1-6,9H,7-8,10-11H2,(H,21,22). The van der Waals surface area contributed by atoms with Gasteiger partial charge >= 0.3 is 5.97 Å². The minimum Gasteiger partial charge on any atom is -0.479 e. The molecule has 1 aliphatic heterocycles. The van der Waals surface area contributed by atoms with Crippen LogP contribution in [0, 0.1) is 0 Å². The first-order chi connectivity index (χ1) is 11.0. The van der Waals surface area contributed by atoms with E-state index in [0.29, 0.717) is 0 Å². The molecule has 1 amide bonds. The molecule has 2 aromatic rings. The summed E-state index contributed by atoms with van der Waals surface area (Å²) in [6, 6.07) is 13.9. The van der Waals surface area contributed by atoms with Crippen molar-refractivity contribution in [2.45, 2.75) is 17.0 Å². The van der Waals surface area contributed by atoms with Crippen molar-refractivity contribution in [3.63, 3.8) is 0 Å². The van der Waals surface area contributed by atoms with E-state index in [0.717, 1.165) is 15.7 Å². The van der Waals surface area contributed by atoms with Crippen LogP contribution in [0.4, 0.5) is 4.39 Å².